The summed E-state index contributed by atoms with van der Waals surface area (Å²) in [6.07, 6.45) is -1.44. The highest BCUT2D eigenvalue weighted by Gasteiger charge is 2.50. The van der Waals surface area contributed by atoms with Crippen molar-refractivity contribution in [3.05, 3.63) is 71.8 Å². The lowest BCUT2D eigenvalue weighted by molar-refractivity contribution is -0.147. The maximum absolute atomic E-state index is 13.1. The van der Waals surface area contributed by atoms with Crippen LogP contribution in [0.15, 0.2) is 60.7 Å². The summed E-state index contributed by atoms with van der Waals surface area (Å²) in [6, 6.07) is 17.6. The number of benzene rings is 3. The van der Waals surface area contributed by atoms with Crippen molar-refractivity contribution in [3.8, 4) is 11.5 Å². The minimum atomic E-state index is -0.959. The van der Waals surface area contributed by atoms with Crippen LogP contribution in [0.2, 0.25) is 0 Å². The molecule has 7 heteroatoms. The monoisotopic (exact) mass is 435 g/mol. The predicted molar refractivity (Wildman–Crippen MR) is 119 cm³/mol. The lowest BCUT2D eigenvalue weighted by Gasteiger charge is -2.29. The molecule has 0 radical (unpaired) electrons. The number of esters is 1. The van der Waals surface area contributed by atoms with Crippen LogP contribution in [0.1, 0.15) is 30.2 Å². The number of rotatable bonds is 6. The number of nitrogens with zero attached hydrogens (tertiary/aromatic N) is 1. The van der Waals surface area contributed by atoms with Crippen molar-refractivity contribution < 1.29 is 28.5 Å². The zero-order valence-electron chi connectivity index (χ0n) is 18.4. The van der Waals surface area contributed by atoms with Gasteiger partial charge in [0.15, 0.2) is 23.6 Å². The van der Waals surface area contributed by atoms with Crippen molar-refractivity contribution >= 4 is 22.8 Å². The third kappa shape index (κ3) is 3.60. The van der Waals surface area contributed by atoms with Gasteiger partial charge in [-0.1, -0.05) is 48.5 Å². The van der Waals surface area contributed by atoms with Crippen LogP contribution in [-0.4, -0.2) is 44.3 Å². The van der Waals surface area contributed by atoms with E-state index in [1.165, 1.54) is 26.2 Å². The number of fused-ring (bicyclic) bond motifs is 1. The molecule has 3 aromatic rings. The minimum Gasteiger partial charge on any atom is -0.493 e. The van der Waals surface area contributed by atoms with Gasteiger partial charge in [-0.3, -0.25) is 4.90 Å². The molecule has 7 nitrogen and oxygen atoms in total. The summed E-state index contributed by atoms with van der Waals surface area (Å²) in [5, 5.41) is 2.06. The van der Waals surface area contributed by atoms with E-state index in [9.17, 15) is 9.59 Å². The number of amides is 1. The Bertz CT molecular complexity index is 1150. The molecule has 1 fully saturated rings. The number of hydrogen-bond donors (Lipinski definition) is 0. The van der Waals surface area contributed by atoms with E-state index in [0.717, 1.165) is 16.3 Å². The Morgan fingerprint density at radius 2 is 1.69 bits per heavy atom. The summed E-state index contributed by atoms with van der Waals surface area (Å²) in [7, 11) is 4.37. The van der Waals surface area contributed by atoms with Gasteiger partial charge in [0, 0.05) is 0 Å². The lowest BCUT2D eigenvalue weighted by Crippen LogP contribution is -2.42. The van der Waals surface area contributed by atoms with E-state index >= 15 is 0 Å². The van der Waals surface area contributed by atoms with Crippen LogP contribution in [0.3, 0.4) is 0 Å². The molecule has 3 atom stereocenters. The van der Waals surface area contributed by atoms with Gasteiger partial charge in [-0.2, -0.15) is 0 Å². The van der Waals surface area contributed by atoms with Crippen molar-refractivity contribution in [2.75, 3.05) is 21.3 Å². The number of ether oxygens (including phenoxy) is 4. The average Bonchev–Trinajstić information content (AvgIpc) is 3.19. The van der Waals surface area contributed by atoms with Gasteiger partial charge >= 0.3 is 12.1 Å². The van der Waals surface area contributed by atoms with Gasteiger partial charge in [-0.05, 0) is 41.0 Å². The molecule has 0 aliphatic carbocycles. The molecule has 0 spiro atoms. The number of cyclic esters (lactones) is 1. The Labute approximate surface area is 186 Å². The van der Waals surface area contributed by atoms with Gasteiger partial charge in [0.1, 0.15) is 0 Å². The summed E-state index contributed by atoms with van der Waals surface area (Å²) in [5.41, 5.74) is 1.53. The molecular weight excluding hydrogens is 410 g/mol. The fourth-order valence-corrected chi connectivity index (χ4v) is 4.30. The second kappa shape index (κ2) is 8.78. The van der Waals surface area contributed by atoms with Crippen LogP contribution in [0, 0.1) is 0 Å². The first-order chi connectivity index (χ1) is 15.5. The van der Waals surface area contributed by atoms with E-state index in [4.69, 9.17) is 18.9 Å². The maximum atomic E-state index is 13.1. The average molecular weight is 435 g/mol. The molecule has 1 amide bonds. The van der Waals surface area contributed by atoms with Gasteiger partial charge < -0.3 is 18.9 Å². The molecule has 0 N–H and O–H groups in total. The summed E-state index contributed by atoms with van der Waals surface area (Å²) in [6.45, 7) is 1.88. The molecule has 0 bridgehead atoms. The summed E-state index contributed by atoms with van der Waals surface area (Å²) >= 11 is 0. The van der Waals surface area contributed by atoms with Gasteiger partial charge in [0.2, 0.25) is 0 Å². The van der Waals surface area contributed by atoms with Crippen molar-refractivity contribution in [3.63, 3.8) is 0 Å². The largest absolute Gasteiger partial charge is 0.493 e. The van der Waals surface area contributed by atoms with Crippen LogP contribution in [0.5, 0.6) is 11.5 Å². The van der Waals surface area contributed by atoms with Crippen molar-refractivity contribution in [2.24, 2.45) is 0 Å². The summed E-state index contributed by atoms with van der Waals surface area (Å²) in [5.74, 6) is 0.462. The number of carbonyl (C=O) groups excluding carboxylic acids is 2. The Balaban J connectivity index is 1.77. The molecule has 3 aromatic carbocycles. The van der Waals surface area contributed by atoms with E-state index in [1.807, 2.05) is 49.4 Å². The molecule has 0 saturated carbocycles. The standard InChI is InChI=1S/C25H25NO6/c1-15(18-11-7-9-16-8-5-6-10-19(16)18)26-22(24(27)31-4)23(32-25(26)28)17-12-13-20(29-2)21(14-17)30-3/h5-15,22-23H,1-4H3/t15-,22?,23?/m1/s1. The normalized spacial score (nSPS) is 18.9. The van der Waals surface area contributed by atoms with E-state index in [0.29, 0.717) is 17.1 Å². The molecule has 1 heterocycles. The Hall–Kier alpha value is -3.74. The van der Waals surface area contributed by atoms with Gasteiger partial charge in [-0.25, -0.2) is 9.59 Å². The lowest BCUT2D eigenvalue weighted by atomic mass is 9.96. The molecule has 166 valence electrons. The van der Waals surface area contributed by atoms with Crippen LogP contribution in [0.4, 0.5) is 4.79 Å². The maximum Gasteiger partial charge on any atom is 0.411 e. The predicted octanol–water partition coefficient (Wildman–Crippen LogP) is 4.65. The van der Waals surface area contributed by atoms with Crippen molar-refractivity contribution in [1.82, 2.24) is 4.90 Å². The molecule has 1 saturated heterocycles. The number of carbonyl (C=O) groups is 2. The second-order valence-corrected chi connectivity index (χ2v) is 7.54. The van der Waals surface area contributed by atoms with Crippen LogP contribution in [-0.2, 0) is 14.3 Å². The third-order valence-corrected chi connectivity index (χ3v) is 5.89. The van der Waals surface area contributed by atoms with Crippen molar-refractivity contribution in [1.29, 1.82) is 0 Å². The van der Waals surface area contributed by atoms with Gasteiger partial charge in [0.05, 0.1) is 27.4 Å². The van der Waals surface area contributed by atoms with E-state index in [-0.39, 0.29) is 0 Å². The first-order valence-electron chi connectivity index (χ1n) is 10.3. The SMILES string of the molecule is COC(=O)C1C(c2ccc(OC)c(OC)c2)OC(=O)N1[C@H](C)c1cccc2ccccc12. The molecule has 1 aliphatic heterocycles. The Kier molecular flexibility index (Phi) is 5.90. The molecule has 32 heavy (non-hydrogen) atoms. The quantitative estimate of drug-likeness (QED) is 0.525. The van der Waals surface area contributed by atoms with E-state index in [2.05, 4.69) is 0 Å². The fourth-order valence-electron chi connectivity index (χ4n) is 4.30. The molecule has 2 unspecified atom stereocenters. The number of hydrogen-bond acceptors (Lipinski definition) is 6. The van der Waals surface area contributed by atoms with Crippen LogP contribution < -0.4 is 9.47 Å². The highest BCUT2D eigenvalue weighted by atomic mass is 16.6. The zero-order chi connectivity index (χ0) is 22.8. The summed E-state index contributed by atoms with van der Waals surface area (Å²) < 4.78 is 21.5. The molecule has 0 aromatic heterocycles. The fraction of sp³-hybridized carbons (Fsp3) is 0.280. The smallest absolute Gasteiger partial charge is 0.411 e. The molecule has 4 rings (SSSR count). The van der Waals surface area contributed by atoms with Crippen LogP contribution in [0.25, 0.3) is 10.8 Å². The highest BCUT2D eigenvalue weighted by Crippen LogP contribution is 2.42. The first-order valence-corrected chi connectivity index (χ1v) is 10.3. The molecule has 1 aliphatic rings. The summed E-state index contributed by atoms with van der Waals surface area (Å²) in [4.78, 5) is 27.4. The van der Waals surface area contributed by atoms with E-state index < -0.39 is 30.3 Å². The van der Waals surface area contributed by atoms with Gasteiger partial charge in [0.25, 0.3) is 0 Å². The zero-order valence-corrected chi connectivity index (χ0v) is 18.4. The highest BCUT2D eigenvalue weighted by molar-refractivity contribution is 5.89. The minimum absolute atomic E-state index is 0.428. The second-order valence-electron chi connectivity index (χ2n) is 7.54. The van der Waals surface area contributed by atoms with Crippen LogP contribution >= 0.6 is 0 Å². The first kappa shape index (κ1) is 21.5. The van der Waals surface area contributed by atoms with Gasteiger partial charge in [-0.15, -0.1) is 0 Å². The van der Waals surface area contributed by atoms with E-state index in [1.54, 1.807) is 18.2 Å². The third-order valence-electron chi connectivity index (χ3n) is 5.89. The Morgan fingerprint density at radius 3 is 2.41 bits per heavy atom. The Morgan fingerprint density at radius 1 is 0.969 bits per heavy atom. The topological polar surface area (TPSA) is 74.3 Å². The number of methoxy groups -OCH3 is 3. The molecular formula is C25H25NO6. The van der Waals surface area contributed by atoms with Crippen molar-refractivity contribution in [2.45, 2.75) is 25.1 Å².